The molecular formula is C13H21N3O3. The number of ether oxygens (including phenoxy) is 1. The number of urea groups is 1. The van der Waals surface area contributed by atoms with Crippen molar-refractivity contribution in [2.45, 2.75) is 45.9 Å². The summed E-state index contributed by atoms with van der Waals surface area (Å²) in [6.45, 7) is 7.53. The standard InChI is InChI=1S/C13H21N3O3/c1-4-11-8-16(7-10(3)18-11)13(17)14-6-12-5-9(2)15-19-12/h5,10-11H,4,6-8H2,1-3H3,(H,14,17)/t10-,11+/m0/s1. The number of amides is 2. The van der Waals surface area contributed by atoms with Gasteiger partial charge in [-0.3, -0.25) is 0 Å². The van der Waals surface area contributed by atoms with E-state index in [9.17, 15) is 4.79 Å². The molecule has 19 heavy (non-hydrogen) atoms. The molecule has 1 aromatic rings. The third-order valence-electron chi connectivity index (χ3n) is 3.16. The predicted molar refractivity (Wildman–Crippen MR) is 69.7 cm³/mol. The third-order valence-corrected chi connectivity index (χ3v) is 3.16. The Morgan fingerprint density at radius 3 is 3.00 bits per heavy atom. The van der Waals surface area contributed by atoms with Crippen LogP contribution in [0.4, 0.5) is 4.79 Å². The minimum absolute atomic E-state index is 0.0805. The Morgan fingerprint density at radius 2 is 2.37 bits per heavy atom. The van der Waals surface area contributed by atoms with Crippen molar-refractivity contribution in [1.29, 1.82) is 0 Å². The molecule has 2 heterocycles. The Labute approximate surface area is 113 Å². The van der Waals surface area contributed by atoms with E-state index in [0.29, 0.717) is 25.4 Å². The van der Waals surface area contributed by atoms with Crippen molar-refractivity contribution in [3.8, 4) is 0 Å². The van der Waals surface area contributed by atoms with Crippen LogP contribution in [0.15, 0.2) is 10.6 Å². The highest BCUT2D eigenvalue weighted by Gasteiger charge is 2.27. The van der Waals surface area contributed by atoms with Crippen LogP contribution in [-0.4, -0.2) is 41.4 Å². The lowest BCUT2D eigenvalue weighted by Crippen LogP contribution is -2.52. The van der Waals surface area contributed by atoms with Gasteiger partial charge in [0, 0.05) is 19.2 Å². The third kappa shape index (κ3) is 3.70. The number of hydrogen-bond donors (Lipinski definition) is 1. The second kappa shape index (κ2) is 6.06. The SMILES string of the molecule is CC[C@@H]1CN(C(=O)NCc2cc(C)no2)C[C@H](C)O1. The Bertz CT molecular complexity index is 433. The summed E-state index contributed by atoms with van der Waals surface area (Å²) in [6.07, 6.45) is 1.12. The lowest BCUT2D eigenvalue weighted by atomic mass is 10.2. The van der Waals surface area contributed by atoms with Crippen molar-refractivity contribution in [1.82, 2.24) is 15.4 Å². The molecule has 106 valence electrons. The molecular weight excluding hydrogens is 246 g/mol. The van der Waals surface area contributed by atoms with Crippen LogP contribution in [0.2, 0.25) is 0 Å². The molecule has 1 N–H and O–H groups in total. The number of nitrogens with zero attached hydrogens (tertiary/aromatic N) is 2. The van der Waals surface area contributed by atoms with E-state index in [1.54, 1.807) is 4.90 Å². The zero-order valence-corrected chi connectivity index (χ0v) is 11.7. The molecule has 1 aliphatic rings. The maximum absolute atomic E-state index is 12.1. The number of aryl methyl sites for hydroxylation is 1. The first-order valence-electron chi connectivity index (χ1n) is 6.69. The fourth-order valence-electron chi connectivity index (χ4n) is 2.21. The highest BCUT2D eigenvalue weighted by atomic mass is 16.5. The normalized spacial score (nSPS) is 23.4. The minimum atomic E-state index is -0.0809. The summed E-state index contributed by atoms with van der Waals surface area (Å²) in [6, 6.07) is 1.74. The average Bonchev–Trinajstić information content (AvgIpc) is 2.81. The van der Waals surface area contributed by atoms with Gasteiger partial charge in [0.05, 0.1) is 24.4 Å². The van der Waals surface area contributed by atoms with Gasteiger partial charge in [-0.1, -0.05) is 12.1 Å². The molecule has 6 nitrogen and oxygen atoms in total. The van der Waals surface area contributed by atoms with E-state index in [1.807, 2.05) is 19.9 Å². The first-order chi connectivity index (χ1) is 9.08. The summed E-state index contributed by atoms with van der Waals surface area (Å²) in [5, 5.41) is 6.63. The summed E-state index contributed by atoms with van der Waals surface area (Å²) in [5.74, 6) is 0.666. The number of carbonyl (C=O) groups is 1. The highest BCUT2D eigenvalue weighted by molar-refractivity contribution is 5.74. The van der Waals surface area contributed by atoms with Gasteiger partial charge in [-0.15, -0.1) is 0 Å². The summed E-state index contributed by atoms with van der Waals surface area (Å²) in [7, 11) is 0. The number of rotatable bonds is 3. The average molecular weight is 267 g/mol. The molecule has 0 unspecified atom stereocenters. The van der Waals surface area contributed by atoms with E-state index in [1.165, 1.54) is 0 Å². The van der Waals surface area contributed by atoms with Crippen LogP contribution < -0.4 is 5.32 Å². The summed E-state index contributed by atoms with van der Waals surface area (Å²) < 4.78 is 10.8. The van der Waals surface area contributed by atoms with Gasteiger partial charge < -0.3 is 19.5 Å². The molecule has 1 fully saturated rings. The summed E-state index contributed by atoms with van der Waals surface area (Å²) in [4.78, 5) is 13.9. The van der Waals surface area contributed by atoms with E-state index < -0.39 is 0 Å². The molecule has 6 heteroatoms. The van der Waals surface area contributed by atoms with Crippen LogP contribution in [-0.2, 0) is 11.3 Å². The van der Waals surface area contributed by atoms with Gasteiger partial charge in [0.2, 0.25) is 0 Å². The maximum Gasteiger partial charge on any atom is 0.317 e. The highest BCUT2D eigenvalue weighted by Crippen LogP contribution is 2.13. The first kappa shape index (κ1) is 13.9. The van der Waals surface area contributed by atoms with Crippen molar-refractivity contribution in [2.75, 3.05) is 13.1 Å². The van der Waals surface area contributed by atoms with Crippen LogP contribution >= 0.6 is 0 Å². The molecule has 1 aromatic heterocycles. The van der Waals surface area contributed by atoms with Gasteiger partial charge in [-0.05, 0) is 20.3 Å². The molecule has 0 radical (unpaired) electrons. The smallest absolute Gasteiger partial charge is 0.317 e. The molecule has 0 bridgehead atoms. The minimum Gasteiger partial charge on any atom is -0.372 e. The van der Waals surface area contributed by atoms with Crippen LogP contribution in [0.5, 0.6) is 0 Å². The van der Waals surface area contributed by atoms with Crippen LogP contribution in [0.1, 0.15) is 31.7 Å². The second-order valence-electron chi connectivity index (χ2n) is 4.98. The van der Waals surface area contributed by atoms with Gasteiger partial charge in [0.25, 0.3) is 0 Å². The van der Waals surface area contributed by atoms with Crippen LogP contribution in [0.25, 0.3) is 0 Å². The van der Waals surface area contributed by atoms with Crippen molar-refractivity contribution in [3.05, 3.63) is 17.5 Å². The van der Waals surface area contributed by atoms with Crippen molar-refractivity contribution < 1.29 is 14.1 Å². The Hall–Kier alpha value is -1.56. The summed E-state index contributed by atoms with van der Waals surface area (Å²) >= 11 is 0. The molecule has 2 atom stereocenters. The number of carbonyl (C=O) groups excluding carboxylic acids is 1. The van der Waals surface area contributed by atoms with Gasteiger partial charge in [-0.25, -0.2) is 4.79 Å². The fourth-order valence-corrected chi connectivity index (χ4v) is 2.21. The topological polar surface area (TPSA) is 67.6 Å². The van der Waals surface area contributed by atoms with Gasteiger partial charge >= 0.3 is 6.03 Å². The van der Waals surface area contributed by atoms with Gasteiger partial charge in [0.1, 0.15) is 0 Å². The Balaban J connectivity index is 1.85. The van der Waals surface area contributed by atoms with Gasteiger partial charge in [0.15, 0.2) is 5.76 Å². The number of aromatic nitrogens is 1. The van der Waals surface area contributed by atoms with E-state index in [4.69, 9.17) is 9.26 Å². The molecule has 0 aliphatic carbocycles. The summed E-state index contributed by atoms with van der Waals surface area (Å²) in [5.41, 5.74) is 0.815. The van der Waals surface area contributed by atoms with E-state index >= 15 is 0 Å². The first-order valence-corrected chi connectivity index (χ1v) is 6.69. The maximum atomic E-state index is 12.1. The quantitative estimate of drug-likeness (QED) is 0.905. The van der Waals surface area contributed by atoms with Crippen LogP contribution in [0.3, 0.4) is 0 Å². The van der Waals surface area contributed by atoms with E-state index in [0.717, 1.165) is 12.1 Å². The van der Waals surface area contributed by atoms with Gasteiger partial charge in [-0.2, -0.15) is 0 Å². The van der Waals surface area contributed by atoms with E-state index in [-0.39, 0.29) is 18.2 Å². The largest absolute Gasteiger partial charge is 0.372 e. The molecule has 0 spiro atoms. The molecule has 2 rings (SSSR count). The Kier molecular flexibility index (Phi) is 4.42. The van der Waals surface area contributed by atoms with Crippen molar-refractivity contribution in [3.63, 3.8) is 0 Å². The molecule has 0 saturated carbocycles. The predicted octanol–water partition coefficient (Wildman–Crippen LogP) is 1.69. The van der Waals surface area contributed by atoms with E-state index in [2.05, 4.69) is 17.4 Å². The zero-order chi connectivity index (χ0) is 13.8. The van der Waals surface area contributed by atoms with Crippen LogP contribution in [0, 0.1) is 6.92 Å². The van der Waals surface area contributed by atoms with Crippen molar-refractivity contribution in [2.24, 2.45) is 0 Å². The zero-order valence-electron chi connectivity index (χ0n) is 11.7. The molecule has 1 saturated heterocycles. The fraction of sp³-hybridized carbons (Fsp3) is 0.692. The monoisotopic (exact) mass is 267 g/mol. The number of morpholine rings is 1. The second-order valence-corrected chi connectivity index (χ2v) is 4.98. The molecule has 1 aliphatic heterocycles. The number of nitrogens with one attached hydrogen (secondary N) is 1. The number of hydrogen-bond acceptors (Lipinski definition) is 4. The lowest BCUT2D eigenvalue weighted by Gasteiger charge is -2.36. The Morgan fingerprint density at radius 1 is 1.58 bits per heavy atom. The molecule has 2 amide bonds. The lowest BCUT2D eigenvalue weighted by molar-refractivity contribution is -0.0646. The molecule has 0 aromatic carbocycles. The van der Waals surface area contributed by atoms with Crippen molar-refractivity contribution >= 4 is 6.03 Å².